The van der Waals surface area contributed by atoms with Gasteiger partial charge in [-0.05, 0) is 23.8 Å². The molecule has 3 rings (SSSR count). The molecule has 0 bridgehead atoms. The largest absolute Gasteiger partial charge is 0.302 e. The van der Waals surface area contributed by atoms with Gasteiger partial charge in [0.15, 0.2) is 5.13 Å². The zero-order chi connectivity index (χ0) is 16.4. The molecular weight excluding hydrogens is 382 g/mol. The third-order valence-corrected chi connectivity index (χ3v) is 4.57. The molecule has 0 unspecified atom stereocenters. The second-order valence-electron chi connectivity index (χ2n) is 4.78. The van der Waals surface area contributed by atoms with Gasteiger partial charge in [0.05, 0.1) is 21.6 Å². The summed E-state index contributed by atoms with van der Waals surface area (Å²) < 4.78 is 1.62. The van der Waals surface area contributed by atoms with Gasteiger partial charge in [0.1, 0.15) is 0 Å². The number of nitrogens with zero attached hydrogens (tertiary/aromatic N) is 2. The first kappa shape index (κ1) is 15.6. The quantitative estimate of drug-likeness (QED) is 0.534. The molecule has 2 aromatic carbocycles. The van der Waals surface area contributed by atoms with Gasteiger partial charge in [-0.1, -0.05) is 39.4 Å². The molecule has 1 heterocycles. The average molecular weight is 392 g/mol. The van der Waals surface area contributed by atoms with Crippen molar-refractivity contribution in [1.29, 1.82) is 0 Å². The summed E-state index contributed by atoms with van der Waals surface area (Å²) in [5, 5.41) is 13.9. The summed E-state index contributed by atoms with van der Waals surface area (Å²) in [6.07, 6.45) is 0.239. The molecule has 1 amide bonds. The van der Waals surface area contributed by atoms with Crippen LogP contribution in [-0.4, -0.2) is 15.8 Å². The number of halogens is 1. The lowest BCUT2D eigenvalue weighted by Gasteiger charge is -2.02. The first-order chi connectivity index (χ1) is 11.0. The van der Waals surface area contributed by atoms with Gasteiger partial charge in [-0.15, -0.1) is 0 Å². The molecule has 0 aliphatic heterocycles. The molecule has 0 fully saturated rings. The van der Waals surface area contributed by atoms with Gasteiger partial charge < -0.3 is 5.32 Å². The number of nitrogens with one attached hydrogen (secondary N) is 1. The third-order valence-electron chi connectivity index (χ3n) is 3.11. The molecule has 8 heteroatoms. The van der Waals surface area contributed by atoms with Crippen LogP contribution >= 0.6 is 27.3 Å². The number of thiazole rings is 1. The number of amides is 1. The van der Waals surface area contributed by atoms with Crippen LogP contribution < -0.4 is 5.32 Å². The Kier molecular flexibility index (Phi) is 4.35. The number of rotatable bonds is 4. The molecule has 116 valence electrons. The van der Waals surface area contributed by atoms with Gasteiger partial charge >= 0.3 is 0 Å². The summed E-state index contributed by atoms with van der Waals surface area (Å²) in [5.74, 6) is -0.180. The number of nitro benzene ring substituents is 1. The van der Waals surface area contributed by atoms with E-state index in [4.69, 9.17) is 0 Å². The molecule has 0 spiro atoms. The molecule has 0 atom stereocenters. The van der Waals surface area contributed by atoms with Crippen molar-refractivity contribution >= 4 is 54.2 Å². The summed E-state index contributed by atoms with van der Waals surface area (Å²) in [7, 11) is 0. The summed E-state index contributed by atoms with van der Waals surface area (Å²) in [6, 6.07) is 11.9. The van der Waals surface area contributed by atoms with Crippen molar-refractivity contribution < 1.29 is 9.72 Å². The van der Waals surface area contributed by atoms with E-state index >= 15 is 0 Å². The Labute approximate surface area is 143 Å². The number of fused-ring (bicyclic) bond motifs is 1. The molecule has 0 aliphatic carbocycles. The molecule has 0 saturated carbocycles. The van der Waals surface area contributed by atoms with Crippen LogP contribution in [0.1, 0.15) is 5.56 Å². The van der Waals surface area contributed by atoms with Crippen LogP contribution in [0.5, 0.6) is 0 Å². The van der Waals surface area contributed by atoms with Crippen molar-refractivity contribution in [2.24, 2.45) is 0 Å². The minimum atomic E-state index is -0.453. The summed E-state index contributed by atoms with van der Waals surface area (Å²) >= 11 is 4.56. The fourth-order valence-corrected chi connectivity index (χ4v) is 3.21. The molecular formula is C15H10BrN3O3S. The Morgan fingerprint density at radius 1 is 1.26 bits per heavy atom. The van der Waals surface area contributed by atoms with Gasteiger partial charge in [0, 0.05) is 16.6 Å². The Hall–Kier alpha value is -2.32. The maximum Gasteiger partial charge on any atom is 0.270 e. The van der Waals surface area contributed by atoms with E-state index in [1.807, 2.05) is 24.3 Å². The molecule has 1 N–H and O–H groups in total. The van der Waals surface area contributed by atoms with Gasteiger partial charge in [0.25, 0.3) is 5.69 Å². The molecule has 23 heavy (non-hydrogen) atoms. The first-order valence-electron chi connectivity index (χ1n) is 6.60. The van der Waals surface area contributed by atoms with Crippen molar-refractivity contribution in [2.75, 3.05) is 5.32 Å². The van der Waals surface area contributed by atoms with E-state index < -0.39 is 4.92 Å². The van der Waals surface area contributed by atoms with Gasteiger partial charge in [-0.3, -0.25) is 14.9 Å². The molecule has 1 aromatic heterocycles. The predicted molar refractivity (Wildman–Crippen MR) is 92.8 cm³/mol. The van der Waals surface area contributed by atoms with E-state index in [9.17, 15) is 14.9 Å². The van der Waals surface area contributed by atoms with Crippen LogP contribution in [0.15, 0.2) is 46.9 Å². The highest BCUT2D eigenvalue weighted by Gasteiger charge is 2.12. The second-order valence-corrected chi connectivity index (χ2v) is 6.73. The van der Waals surface area contributed by atoms with E-state index in [1.54, 1.807) is 6.07 Å². The van der Waals surface area contributed by atoms with Crippen molar-refractivity contribution in [3.05, 3.63) is 62.6 Å². The minimum absolute atomic E-state index is 0.00823. The van der Waals surface area contributed by atoms with Gasteiger partial charge in [0.2, 0.25) is 5.91 Å². The van der Waals surface area contributed by atoms with E-state index in [1.165, 1.54) is 23.5 Å². The number of hydrogen-bond donors (Lipinski definition) is 1. The fraction of sp³-hybridized carbons (Fsp3) is 0.0667. The van der Waals surface area contributed by atoms with E-state index in [-0.39, 0.29) is 18.0 Å². The number of carbonyl (C=O) groups is 1. The smallest absolute Gasteiger partial charge is 0.270 e. The average Bonchev–Trinajstić information content (AvgIpc) is 2.90. The third kappa shape index (κ3) is 3.72. The monoisotopic (exact) mass is 391 g/mol. The number of anilines is 1. The fourth-order valence-electron chi connectivity index (χ4n) is 2.03. The van der Waals surface area contributed by atoms with E-state index in [0.717, 1.165) is 10.0 Å². The molecule has 6 nitrogen and oxygen atoms in total. The number of aromatic nitrogens is 1. The van der Waals surface area contributed by atoms with E-state index in [0.29, 0.717) is 15.3 Å². The summed E-state index contributed by atoms with van der Waals surface area (Å²) in [6.45, 7) is 0. The van der Waals surface area contributed by atoms with Crippen LogP contribution in [0.25, 0.3) is 10.2 Å². The zero-order valence-corrected chi connectivity index (χ0v) is 14.1. The number of nitro groups is 1. The topological polar surface area (TPSA) is 85.1 Å². The summed E-state index contributed by atoms with van der Waals surface area (Å²) in [4.78, 5) is 26.6. The van der Waals surface area contributed by atoms with Crippen LogP contribution in [0.3, 0.4) is 0 Å². The lowest BCUT2D eigenvalue weighted by atomic mass is 10.1. The normalized spacial score (nSPS) is 10.7. The van der Waals surface area contributed by atoms with Crippen LogP contribution in [-0.2, 0) is 11.2 Å². The van der Waals surface area contributed by atoms with Crippen LogP contribution in [0.2, 0.25) is 0 Å². The number of non-ortho nitro benzene ring substituents is 1. The lowest BCUT2D eigenvalue weighted by molar-refractivity contribution is -0.384. The SMILES string of the molecule is O=C(Cc1ccc(Br)cc1)Nc1nc2ccc([N+](=O)[O-])cc2s1. The highest BCUT2D eigenvalue weighted by molar-refractivity contribution is 9.10. The van der Waals surface area contributed by atoms with Gasteiger partial charge in [-0.2, -0.15) is 0 Å². The molecule has 0 saturated heterocycles. The highest BCUT2D eigenvalue weighted by atomic mass is 79.9. The first-order valence-corrected chi connectivity index (χ1v) is 8.21. The maximum absolute atomic E-state index is 12.1. The second kappa shape index (κ2) is 6.43. The van der Waals surface area contributed by atoms with Crippen LogP contribution in [0.4, 0.5) is 10.8 Å². The highest BCUT2D eigenvalue weighted by Crippen LogP contribution is 2.29. The van der Waals surface area contributed by atoms with Gasteiger partial charge in [-0.25, -0.2) is 4.98 Å². The molecule has 0 radical (unpaired) electrons. The Balaban J connectivity index is 1.74. The Morgan fingerprint density at radius 2 is 2.00 bits per heavy atom. The maximum atomic E-state index is 12.1. The van der Waals surface area contributed by atoms with Crippen molar-refractivity contribution in [1.82, 2.24) is 4.98 Å². The van der Waals surface area contributed by atoms with Crippen molar-refractivity contribution in [3.8, 4) is 0 Å². The van der Waals surface area contributed by atoms with Crippen molar-refractivity contribution in [2.45, 2.75) is 6.42 Å². The Morgan fingerprint density at radius 3 is 2.70 bits per heavy atom. The number of benzene rings is 2. The lowest BCUT2D eigenvalue weighted by Crippen LogP contribution is -2.14. The van der Waals surface area contributed by atoms with Crippen molar-refractivity contribution in [3.63, 3.8) is 0 Å². The summed E-state index contributed by atoms with van der Waals surface area (Å²) in [5.41, 5.74) is 1.52. The van der Waals surface area contributed by atoms with E-state index in [2.05, 4.69) is 26.2 Å². The Bertz CT molecular complexity index is 893. The standard InChI is InChI=1S/C15H10BrN3O3S/c16-10-3-1-9(2-4-10)7-14(20)18-15-17-12-6-5-11(19(21)22)8-13(12)23-15/h1-6,8H,7H2,(H,17,18,20). The predicted octanol–water partition coefficient (Wildman–Crippen LogP) is 4.15. The zero-order valence-electron chi connectivity index (χ0n) is 11.7. The number of hydrogen-bond acceptors (Lipinski definition) is 5. The number of carbonyl (C=O) groups excluding carboxylic acids is 1. The molecule has 0 aliphatic rings. The minimum Gasteiger partial charge on any atom is -0.302 e. The molecule has 3 aromatic rings. The van der Waals surface area contributed by atoms with Crippen LogP contribution in [0, 0.1) is 10.1 Å².